The first-order valence-corrected chi connectivity index (χ1v) is 2.36. The second kappa shape index (κ2) is 4.37. The van der Waals surface area contributed by atoms with Crippen LogP contribution in [0.15, 0.2) is 12.3 Å². The Labute approximate surface area is 56.8 Å². The monoisotopic (exact) mass is 146 g/mol. The van der Waals surface area contributed by atoms with Crippen molar-refractivity contribution < 1.29 is 24.5 Å². The highest BCUT2D eigenvalue weighted by Gasteiger charge is 1.99. The van der Waals surface area contributed by atoms with E-state index in [2.05, 4.69) is 9.78 Å². The normalized spacial score (nSPS) is 9.30. The lowest BCUT2D eigenvalue weighted by Gasteiger charge is -1.94. The highest BCUT2D eigenvalue weighted by molar-refractivity contribution is 5.81. The van der Waals surface area contributed by atoms with E-state index in [1.165, 1.54) is 0 Å². The van der Waals surface area contributed by atoms with E-state index in [-0.39, 0.29) is 0 Å². The van der Waals surface area contributed by atoms with Gasteiger partial charge in [0, 0.05) is 6.92 Å². The van der Waals surface area contributed by atoms with Crippen molar-refractivity contribution >= 4 is 11.9 Å². The summed E-state index contributed by atoms with van der Waals surface area (Å²) in [6.45, 7) is 1.08. The largest absolute Gasteiger partial charge is 0.515 e. The predicted octanol–water partition coefficient (Wildman–Crippen LogP) is 0.0794. The molecule has 0 aromatic rings. The van der Waals surface area contributed by atoms with E-state index in [1.807, 2.05) is 0 Å². The third kappa shape index (κ3) is 4.63. The van der Waals surface area contributed by atoms with Gasteiger partial charge in [-0.2, -0.15) is 0 Å². The number of carbonyl (C=O) groups is 2. The molecule has 0 unspecified atom stereocenters. The minimum Gasteiger partial charge on any atom is -0.515 e. The van der Waals surface area contributed by atoms with Crippen LogP contribution in [0.2, 0.25) is 0 Å². The van der Waals surface area contributed by atoms with Gasteiger partial charge in [0.25, 0.3) is 0 Å². The van der Waals surface area contributed by atoms with Crippen LogP contribution in [0, 0.1) is 0 Å². The van der Waals surface area contributed by atoms with Crippen LogP contribution >= 0.6 is 0 Å². The second-order valence-electron chi connectivity index (χ2n) is 1.29. The van der Waals surface area contributed by atoms with Crippen LogP contribution in [0.1, 0.15) is 6.92 Å². The summed E-state index contributed by atoms with van der Waals surface area (Å²) >= 11 is 0. The topological polar surface area (TPSA) is 72.8 Å². The molecule has 0 aromatic heterocycles. The zero-order valence-electron chi connectivity index (χ0n) is 5.23. The Morgan fingerprint density at radius 3 is 2.40 bits per heavy atom. The van der Waals surface area contributed by atoms with E-state index < -0.39 is 11.9 Å². The van der Waals surface area contributed by atoms with Gasteiger partial charge in [-0.25, -0.2) is 19.4 Å². The van der Waals surface area contributed by atoms with Crippen molar-refractivity contribution in [3.05, 3.63) is 12.3 Å². The molecule has 0 saturated heterocycles. The van der Waals surface area contributed by atoms with Gasteiger partial charge in [0.1, 0.15) is 0 Å². The summed E-state index contributed by atoms with van der Waals surface area (Å²) in [7, 11) is 0. The smallest absolute Gasteiger partial charge is 0.382 e. The first-order valence-electron chi connectivity index (χ1n) is 2.36. The molecule has 0 heterocycles. The van der Waals surface area contributed by atoms with E-state index in [0.29, 0.717) is 12.3 Å². The summed E-state index contributed by atoms with van der Waals surface area (Å²) in [6, 6.07) is 0. The third-order valence-corrected chi connectivity index (χ3v) is 0.452. The first-order chi connectivity index (χ1) is 4.66. The molecule has 5 nitrogen and oxygen atoms in total. The summed E-state index contributed by atoms with van der Waals surface area (Å²) in [5.41, 5.74) is 0. The fourth-order valence-electron chi connectivity index (χ4n) is 0.188. The highest BCUT2D eigenvalue weighted by Crippen LogP contribution is 1.82. The maximum Gasteiger partial charge on any atom is 0.382 e. The van der Waals surface area contributed by atoms with Crippen LogP contribution in [-0.4, -0.2) is 17.0 Å². The molecule has 0 amide bonds. The van der Waals surface area contributed by atoms with Crippen LogP contribution in [-0.2, 0) is 19.4 Å². The highest BCUT2D eigenvalue weighted by atomic mass is 17.2. The summed E-state index contributed by atoms with van der Waals surface area (Å²) in [5.74, 6) is -1.68. The first kappa shape index (κ1) is 8.48. The zero-order valence-corrected chi connectivity index (χ0v) is 5.23. The van der Waals surface area contributed by atoms with Crippen LogP contribution in [0.3, 0.4) is 0 Å². The Morgan fingerprint density at radius 2 is 2.00 bits per heavy atom. The van der Waals surface area contributed by atoms with Crippen molar-refractivity contribution in [2.24, 2.45) is 0 Å². The minimum atomic E-state index is -0.947. The van der Waals surface area contributed by atoms with Crippen molar-refractivity contribution in [3.8, 4) is 0 Å². The Hall–Kier alpha value is -1.52. The molecule has 0 aromatic carbocycles. The third-order valence-electron chi connectivity index (χ3n) is 0.452. The van der Waals surface area contributed by atoms with Gasteiger partial charge in [-0.3, -0.25) is 0 Å². The molecule has 0 aliphatic heterocycles. The molecule has 0 rings (SSSR count). The van der Waals surface area contributed by atoms with Crippen LogP contribution in [0.5, 0.6) is 0 Å². The molecule has 0 aliphatic rings. The number of carbonyl (C=O) groups excluding carboxylic acids is 2. The second-order valence-corrected chi connectivity index (χ2v) is 1.29. The summed E-state index contributed by atoms with van der Waals surface area (Å²) in [4.78, 5) is 27.8. The maximum atomic E-state index is 10.2. The van der Waals surface area contributed by atoms with Gasteiger partial charge in [0.15, 0.2) is 0 Å². The molecule has 0 radical (unpaired) electrons. The molecule has 10 heavy (non-hydrogen) atoms. The predicted molar refractivity (Wildman–Crippen MR) is 29.6 cm³/mol. The fourth-order valence-corrected chi connectivity index (χ4v) is 0.188. The van der Waals surface area contributed by atoms with E-state index in [1.54, 1.807) is 0 Å². The van der Waals surface area contributed by atoms with Gasteiger partial charge >= 0.3 is 11.9 Å². The minimum absolute atomic E-state index is 0.478. The van der Waals surface area contributed by atoms with Crippen molar-refractivity contribution in [2.45, 2.75) is 6.92 Å². The number of hydrogen-bond donors (Lipinski definition) is 1. The molecule has 0 bridgehead atoms. The van der Waals surface area contributed by atoms with Crippen LogP contribution < -0.4 is 0 Å². The zero-order chi connectivity index (χ0) is 7.98. The fraction of sp³-hybridized carbons (Fsp3) is 0.200. The molecule has 0 atom stereocenters. The lowest BCUT2D eigenvalue weighted by molar-refractivity contribution is -0.253. The number of rotatable bonds is 1. The Bertz CT molecular complexity index is 159. The molecule has 0 fully saturated rings. The number of hydrogen-bond acceptors (Lipinski definition) is 5. The Morgan fingerprint density at radius 1 is 1.40 bits per heavy atom. The Balaban J connectivity index is 3.50. The molecule has 56 valence electrons. The lowest BCUT2D eigenvalue weighted by Crippen LogP contribution is -2.05. The van der Waals surface area contributed by atoms with Gasteiger partial charge in [0.2, 0.25) is 0 Å². The van der Waals surface area contributed by atoms with Gasteiger partial charge < -0.3 is 5.11 Å². The quantitative estimate of drug-likeness (QED) is 0.245. The van der Waals surface area contributed by atoms with E-state index in [0.717, 1.165) is 6.92 Å². The van der Waals surface area contributed by atoms with Crippen LogP contribution in [0.25, 0.3) is 0 Å². The van der Waals surface area contributed by atoms with Gasteiger partial charge in [-0.05, 0) is 0 Å². The average molecular weight is 146 g/mol. The molecule has 0 spiro atoms. The number of aliphatic hydroxyl groups excluding tert-OH is 1. The van der Waals surface area contributed by atoms with Gasteiger partial charge in [-0.15, -0.1) is 0 Å². The molecule has 5 heteroatoms. The summed E-state index contributed by atoms with van der Waals surface area (Å²) in [6.07, 6.45) is 1.18. The molecule has 1 N–H and O–H groups in total. The average Bonchev–Trinajstić information content (AvgIpc) is 1.85. The lowest BCUT2D eigenvalue weighted by atomic mass is 10.7. The summed E-state index contributed by atoms with van der Waals surface area (Å²) in [5, 5.41) is 7.98. The van der Waals surface area contributed by atoms with Crippen molar-refractivity contribution in [1.29, 1.82) is 0 Å². The van der Waals surface area contributed by atoms with Crippen molar-refractivity contribution in [2.75, 3.05) is 0 Å². The molecule has 0 saturated carbocycles. The van der Waals surface area contributed by atoms with Gasteiger partial charge in [-0.1, -0.05) is 0 Å². The van der Waals surface area contributed by atoms with Crippen molar-refractivity contribution in [1.82, 2.24) is 0 Å². The van der Waals surface area contributed by atoms with E-state index in [4.69, 9.17) is 5.11 Å². The molecular formula is C5H6O5. The molecule has 0 aliphatic carbocycles. The SMILES string of the molecule is CC(=O)OOC(=O)/C=C/O. The van der Waals surface area contributed by atoms with Crippen molar-refractivity contribution in [3.63, 3.8) is 0 Å². The Kier molecular flexibility index (Phi) is 3.70. The van der Waals surface area contributed by atoms with Gasteiger partial charge in [0.05, 0.1) is 12.3 Å². The van der Waals surface area contributed by atoms with E-state index in [9.17, 15) is 9.59 Å². The number of aliphatic hydroxyl groups is 1. The van der Waals surface area contributed by atoms with Crippen LogP contribution in [0.4, 0.5) is 0 Å². The maximum absolute atomic E-state index is 10.2. The standard InChI is InChI=1S/C5H6O5/c1-4(7)9-10-5(8)2-3-6/h2-3,6H,1H3/b3-2+. The molecular weight excluding hydrogens is 140 g/mol. The summed E-state index contributed by atoms with van der Waals surface area (Å²) < 4.78 is 0. The van der Waals surface area contributed by atoms with E-state index >= 15 is 0 Å².